The molecule has 1 amide bonds. The fourth-order valence-corrected chi connectivity index (χ4v) is 4.07. The first-order valence-corrected chi connectivity index (χ1v) is 10.0. The van der Waals surface area contributed by atoms with Gasteiger partial charge < -0.3 is 9.88 Å². The fourth-order valence-electron chi connectivity index (χ4n) is 3.76. The maximum absolute atomic E-state index is 12.4. The minimum Gasteiger partial charge on any atom is -0.327 e. The molecule has 0 bridgehead atoms. The summed E-state index contributed by atoms with van der Waals surface area (Å²) in [6, 6.07) is 11.4. The third-order valence-electron chi connectivity index (χ3n) is 5.31. The lowest BCUT2D eigenvalue weighted by Crippen LogP contribution is -2.24. The van der Waals surface area contributed by atoms with Gasteiger partial charge in [0.15, 0.2) is 0 Å². The van der Waals surface area contributed by atoms with Gasteiger partial charge in [0.05, 0.1) is 21.1 Å². The Bertz CT molecular complexity index is 989. The van der Waals surface area contributed by atoms with Crippen LogP contribution < -0.4 is 5.32 Å². The molecule has 4 nitrogen and oxygen atoms in total. The number of amides is 1. The van der Waals surface area contributed by atoms with Gasteiger partial charge in [0.25, 0.3) is 0 Å². The number of benzene rings is 2. The van der Waals surface area contributed by atoms with Gasteiger partial charge in [-0.15, -0.1) is 0 Å². The monoisotopic (exact) mass is 401 g/mol. The van der Waals surface area contributed by atoms with Gasteiger partial charge in [0.2, 0.25) is 5.91 Å². The molecule has 0 spiro atoms. The van der Waals surface area contributed by atoms with Crippen LogP contribution in [0.1, 0.15) is 32.1 Å². The largest absolute Gasteiger partial charge is 0.327 e. The smallest absolute Gasteiger partial charge is 0.227 e. The molecule has 2 aromatic carbocycles. The summed E-state index contributed by atoms with van der Waals surface area (Å²) in [5.74, 6) is 1.11. The van der Waals surface area contributed by atoms with Crippen LogP contribution in [0.5, 0.6) is 0 Å². The zero-order valence-electron chi connectivity index (χ0n) is 15.1. The van der Waals surface area contributed by atoms with Crippen molar-refractivity contribution in [2.45, 2.75) is 32.1 Å². The molecule has 0 atom stereocenters. The number of carbonyl (C=O) groups excluding carboxylic acids is 1. The molecule has 27 heavy (non-hydrogen) atoms. The van der Waals surface area contributed by atoms with Gasteiger partial charge in [-0.05, 0) is 49.2 Å². The molecule has 0 aliphatic heterocycles. The van der Waals surface area contributed by atoms with Crippen molar-refractivity contribution < 1.29 is 4.79 Å². The first-order chi connectivity index (χ1) is 13.0. The van der Waals surface area contributed by atoms with Gasteiger partial charge in [-0.3, -0.25) is 4.79 Å². The number of nitrogens with zero attached hydrogens (tertiary/aromatic N) is 2. The number of hydrogen-bond donors (Lipinski definition) is 1. The summed E-state index contributed by atoms with van der Waals surface area (Å²) in [5, 5.41) is 4.05. The molecular formula is C21H21Cl2N3O. The van der Waals surface area contributed by atoms with E-state index in [9.17, 15) is 4.79 Å². The minimum absolute atomic E-state index is 0.134. The lowest BCUT2D eigenvalue weighted by Gasteiger charge is -2.20. The zero-order chi connectivity index (χ0) is 19.0. The van der Waals surface area contributed by atoms with Gasteiger partial charge in [0.1, 0.15) is 5.82 Å². The van der Waals surface area contributed by atoms with E-state index in [2.05, 4.69) is 10.3 Å². The molecule has 1 heterocycles. The highest BCUT2D eigenvalue weighted by molar-refractivity contribution is 6.42. The molecule has 0 unspecified atom stereocenters. The highest BCUT2D eigenvalue weighted by Gasteiger charge is 2.21. The lowest BCUT2D eigenvalue weighted by molar-refractivity contribution is -0.120. The number of aromatic nitrogens is 2. The van der Waals surface area contributed by atoms with Crippen molar-refractivity contribution in [3.05, 3.63) is 46.4 Å². The Morgan fingerprint density at radius 2 is 1.74 bits per heavy atom. The number of imidazole rings is 1. The number of nitrogens with one attached hydrogen (secondary N) is 1. The van der Waals surface area contributed by atoms with E-state index >= 15 is 0 Å². The Morgan fingerprint density at radius 1 is 1.07 bits per heavy atom. The van der Waals surface area contributed by atoms with Crippen LogP contribution in [0.3, 0.4) is 0 Å². The lowest BCUT2D eigenvalue weighted by atomic mass is 9.88. The Balaban J connectivity index is 1.56. The van der Waals surface area contributed by atoms with Crippen LogP contribution in [0.2, 0.25) is 10.0 Å². The summed E-state index contributed by atoms with van der Waals surface area (Å²) in [6.45, 7) is 0. The van der Waals surface area contributed by atoms with Crippen molar-refractivity contribution in [2.24, 2.45) is 13.0 Å². The minimum atomic E-state index is 0.134. The Morgan fingerprint density at radius 3 is 2.44 bits per heavy atom. The van der Waals surface area contributed by atoms with Crippen molar-refractivity contribution in [2.75, 3.05) is 5.32 Å². The van der Waals surface area contributed by atoms with Crippen LogP contribution in [0.15, 0.2) is 36.4 Å². The third kappa shape index (κ3) is 3.69. The Kier molecular flexibility index (Phi) is 5.11. The molecule has 1 fully saturated rings. The average Bonchev–Trinajstić information content (AvgIpc) is 2.99. The summed E-state index contributed by atoms with van der Waals surface area (Å²) in [6.07, 6.45) is 5.53. The summed E-state index contributed by atoms with van der Waals surface area (Å²) >= 11 is 12.2. The van der Waals surface area contributed by atoms with Crippen LogP contribution in [0.4, 0.5) is 5.69 Å². The van der Waals surface area contributed by atoms with E-state index in [0.29, 0.717) is 10.0 Å². The molecule has 1 saturated carbocycles. The number of halogens is 2. The molecular weight excluding hydrogens is 381 g/mol. The molecule has 6 heteroatoms. The first-order valence-electron chi connectivity index (χ1n) is 9.25. The van der Waals surface area contributed by atoms with Crippen molar-refractivity contribution in [1.82, 2.24) is 9.55 Å². The molecule has 140 valence electrons. The van der Waals surface area contributed by atoms with E-state index in [1.807, 2.05) is 41.9 Å². The van der Waals surface area contributed by atoms with Gasteiger partial charge >= 0.3 is 0 Å². The first kappa shape index (κ1) is 18.3. The molecule has 1 aromatic heterocycles. The highest BCUT2D eigenvalue weighted by atomic mass is 35.5. The molecule has 0 radical (unpaired) electrons. The maximum Gasteiger partial charge on any atom is 0.227 e. The average molecular weight is 402 g/mol. The SMILES string of the molecule is Cn1c(-c2ccc(NC(=O)C3CCCCC3)cc2)nc2cc(Cl)c(Cl)cc21. The van der Waals surface area contributed by atoms with E-state index in [1.54, 1.807) is 6.07 Å². The van der Waals surface area contributed by atoms with E-state index in [4.69, 9.17) is 23.2 Å². The molecule has 1 N–H and O–H groups in total. The van der Waals surface area contributed by atoms with Crippen LogP contribution >= 0.6 is 23.2 Å². The third-order valence-corrected chi connectivity index (χ3v) is 6.03. The second-order valence-electron chi connectivity index (χ2n) is 7.15. The van der Waals surface area contributed by atoms with Crippen molar-refractivity contribution in [3.8, 4) is 11.4 Å². The predicted octanol–water partition coefficient (Wildman–Crippen LogP) is 6.07. The second kappa shape index (κ2) is 7.53. The number of fused-ring (bicyclic) bond motifs is 1. The predicted molar refractivity (Wildman–Crippen MR) is 111 cm³/mol. The van der Waals surface area contributed by atoms with Gasteiger partial charge in [-0.25, -0.2) is 4.98 Å². The van der Waals surface area contributed by atoms with Crippen LogP contribution in [-0.2, 0) is 11.8 Å². The number of hydrogen-bond acceptors (Lipinski definition) is 2. The molecule has 1 aliphatic rings. The highest BCUT2D eigenvalue weighted by Crippen LogP contribution is 2.31. The number of anilines is 1. The van der Waals surface area contributed by atoms with Gasteiger partial charge in [0, 0.05) is 24.2 Å². The standard InChI is InChI=1S/C21H21Cl2N3O/c1-26-19-12-17(23)16(22)11-18(19)25-20(26)13-7-9-15(10-8-13)24-21(27)14-5-3-2-4-6-14/h7-12,14H,2-6H2,1H3,(H,24,27). The van der Waals surface area contributed by atoms with Crippen LogP contribution in [-0.4, -0.2) is 15.5 Å². The topological polar surface area (TPSA) is 46.9 Å². The van der Waals surface area contributed by atoms with Crippen LogP contribution in [0, 0.1) is 5.92 Å². The number of carbonyl (C=O) groups is 1. The van der Waals surface area contributed by atoms with Crippen LogP contribution in [0.25, 0.3) is 22.4 Å². The number of aryl methyl sites for hydroxylation is 1. The van der Waals surface area contributed by atoms with E-state index in [1.165, 1.54) is 6.42 Å². The van der Waals surface area contributed by atoms with E-state index in [-0.39, 0.29) is 11.8 Å². The Labute approximate surface area is 168 Å². The zero-order valence-corrected chi connectivity index (χ0v) is 16.6. The quantitative estimate of drug-likeness (QED) is 0.578. The molecule has 3 aromatic rings. The maximum atomic E-state index is 12.4. The Hall–Kier alpha value is -2.04. The van der Waals surface area contributed by atoms with Gasteiger partial charge in [-0.2, -0.15) is 0 Å². The van der Waals surface area contributed by atoms with Gasteiger partial charge in [-0.1, -0.05) is 42.5 Å². The van der Waals surface area contributed by atoms with Crippen molar-refractivity contribution in [3.63, 3.8) is 0 Å². The molecule has 4 rings (SSSR count). The number of rotatable bonds is 3. The van der Waals surface area contributed by atoms with Crippen molar-refractivity contribution >= 4 is 45.8 Å². The van der Waals surface area contributed by atoms with E-state index in [0.717, 1.165) is 53.8 Å². The molecule has 0 saturated heterocycles. The second-order valence-corrected chi connectivity index (χ2v) is 7.97. The van der Waals surface area contributed by atoms with Crippen molar-refractivity contribution in [1.29, 1.82) is 0 Å². The summed E-state index contributed by atoms with van der Waals surface area (Å²) < 4.78 is 1.99. The fraction of sp³-hybridized carbons (Fsp3) is 0.333. The summed E-state index contributed by atoms with van der Waals surface area (Å²) in [7, 11) is 1.95. The molecule has 1 aliphatic carbocycles. The normalized spacial score (nSPS) is 15.2. The van der Waals surface area contributed by atoms with E-state index < -0.39 is 0 Å². The summed E-state index contributed by atoms with van der Waals surface area (Å²) in [5.41, 5.74) is 3.52. The summed E-state index contributed by atoms with van der Waals surface area (Å²) in [4.78, 5) is 17.1.